The summed E-state index contributed by atoms with van der Waals surface area (Å²) >= 11 is 1.57. The van der Waals surface area contributed by atoms with E-state index >= 15 is 0 Å². The molecule has 1 fully saturated rings. The number of imidazole rings is 1. The van der Waals surface area contributed by atoms with Crippen LogP contribution in [0.5, 0.6) is 0 Å². The maximum Gasteiger partial charge on any atom is 0.166 e. The lowest BCUT2D eigenvalue weighted by Crippen LogP contribution is -2.12. The van der Waals surface area contributed by atoms with Gasteiger partial charge in [-0.3, -0.25) is 4.57 Å². The summed E-state index contributed by atoms with van der Waals surface area (Å²) in [5.41, 5.74) is 1.40. The largest absolute Gasteiger partial charge is 0.393 e. The average molecular weight is 281 g/mol. The Balaban J connectivity index is 2.00. The van der Waals surface area contributed by atoms with Crippen LogP contribution in [0.25, 0.3) is 11.2 Å². The molecule has 19 heavy (non-hydrogen) atoms. The minimum Gasteiger partial charge on any atom is -0.393 e. The maximum atomic E-state index is 9.11. The number of hydrogen-bond donors (Lipinski definition) is 1. The fraction of sp³-hybridized carbons (Fsp3) is 0.545. The number of aliphatic hydroxyl groups excluding tert-OH is 1. The highest BCUT2D eigenvalue weighted by Crippen LogP contribution is 2.37. The second-order valence-electron chi connectivity index (χ2n) is 4.45. The molecule has 0 aromatic carbocycles. The zero-order valence-corrected chi connectivity index (χ0v) is 11.5. The molecule has 8 heteroatoms. The number of ether oxygens (including phenoxy) is 1. The second kappa shape index (κ2) is 4.95. The third-order valence-corrected chi connectivity index (χ3v) is 4.22. The van der Waals surface area contributed by atoms with Crippen LogP contribution in [0, 0.1) is 0 Å². The molecule has 1 aliphatic rings. The van der Waals surface area contributed by atoms with Gasteiger partial charge in [0.1, 0.15) is 17.1 Å². The Hall–Kier alpha value is -1.38. The molecule has 0 saturated carbocycles. The summed E-state index contributed by atoms with van der Waals surface area (Å²) < 4.78 is 7.45. The summed E-state index contributed by atoms with van der Waals surface area (Å²) in [6, 6.07) is 0. The summed E-state index contributed by atoms with van der Waals surface area (Å²) in [7, 11) is 3.85. The Morgan fingerprint density at radius 2 is 2.32 bits per heavy atom. The molecule has 0 bridgehead atoms. The van der Waals surface area contributed by atoms with E-state index < -0.39 is 0 Å². The molecule has 1 aliphatic heterocycles. The van der Waals surface area contributed by atoms with Crippen LogP contribution >= 0.6 is 11.8 Å². The van der Waals surface area contributed by atoms with Gasteiger partial charge in [-0.1, -0.05) is 0 Å². The van der Waals surface area contributed by atoms with E-state index in [4.69, 9.17) is 9.84 Å². The van der Waals surface area contributed by atoms with E-state index in [0.29, 0.717) is 6.61 Å². The highest BCUT2D eigenvalue weighted by Gasteiger charge is 2.28. The molecule has 0 radical (unpaired) electrons. The fourth-order valence-electron chi connectivity index (χ4n) is 2.06. The molecular formula is C11H15N5O2S. The van der Waals surface area contributed by atoms with Crippen LogP contribution in [-0.4, -0.2) is 57.4 Å². The quantitative estimate of drug-likeness (QED) is 0.876. The first-order valence-electron chi connectivity index (χ1n) is 5.93. The van der Waals surface area contributed by atoms with Crippen molar-refractivity contribution in [1.29, 1.82) is 0 Å². The van der Waals surface area contributed by atoms with E-state index in [2.05, 4.69) is 15.0 Å². The molecule has 3 heterocycles. The van der Waals surface area contributed by atoms with Crippen LogP contribution in [-0.2, 0) is 4.74 Å². The highest BCUT2D eigenvalue weighted by molar-refractivity contribution is 8.00. The Kier molecular flexibility index (Phi) is 3.29. The third kappa shape index (κ3) is 2.15. The van der Waals surface area contributed by atoms with Crippen molar-refractivity contribution in [3.8, 4) is 0 Å². The van der Waals surface area contributed by atoms with E-state index in [1.165, 1.54) is 0 Å². The third-order valence-electron chi connectivity index (χ3n) is 2.96. The Morgan fingerprint density at radius 3 is 3.00 bits per heavy atom. The monoisotopic (exact) mass is 281 g/mol. The van der Waals surface area contributed by atoms with E-state index in [1.807, 2.05) is 23.6 Å². The maximum absolute atomic E-state index is 9.11. The summed E-state index contributed by atoms with van der Waals surface area (Å²) in [5, 5.41) is 9.20. The van der Waals surface area contributed by atoms with Crippen molar-refractivity contribution in [2.24, 2.45) is 0 Å². The van der Waals surface area contributed by atoms with Crippen LogP contribution in [0.2, 0.25) is 0 Å². The zero-order chi connectivity index (χ0) is 13.4. The van der Waals surface area contributed by atoms with E-state index in [9.17, 15) is 0 Å². The number of aromatic nitrogens is 4. The molecule has 0 amide bonds. The van der Waals surface area contributed by atoms with Crippen molar-refractivity contribution in [1.82, 2.24) is 19.5 Å². The predicted molar refractivity (Wildman–Crippen MR) is 73.1 cm³/mol. The number of thioether (sulfide) groups is 1. The minimum absolute atomic E-state index is 0.0196. The summed E-state index contributed by atoms with van der Waals surface area (Å²) in [6.07, 6.45) is 3.30. The zero-order valence-electron chi connectivity index (χ0n) is 10.7. The summed E-state index contributed by atoms with van der Waals surface area (Å²) in [5.74, 6) is 0.798. The van der Waals surface area contributed by atoms with Crippen molar-refractivity contribution in [2.45, 2.75) is 10.8 Å². The smallest absolute Gasteiger partial charge is 0.166 e. The fourth-order valence-corrected chi connectivity index (χ4v) is 3.10. The van der Waals surface area contributed by atoms with Crippen molar-refractivity contribution >= 4 is 28.7 Å². The van der Waals surface area contributed by atoms with Crippen molar-refractivity contribution < 1.29 is 9.84 Å². The van der Waals surface area contributed by atoms with Gasteiger partial charge in [0.25, 0.3) is 0 Å². The number of hydrogen-bond acceptors (Lipinski definition) is 7. The molecular weight excluding hydrogens is 266 g/mol. The number of aliphatic hydroxyl groups is 1. The Labute approximate surface area is 114 Å². The first kappa shape index (κ1) is 12.6. The molecule has 7 nitrogen and oxygen atoms in total. The van der Waals surface area contributed by atoms with Gasteiger partial charge >= 0.3 is 0 Å². The lowest BCUT2D eigenvalue weighted by molar-refractivity contribution is 0.0810. The van der Waals surface area contributed by atoms with Gasteiger partial charge in [0, 0.05) is 14.1 Å². The molecule has 1 N–H and O–H groups in total. The van der Waals surface area contributed by atoms with Crippen LogP contribution in [0.1, 0.15) is 5.37 Å². The van der Waals surface area contributed by atoms with Crippen LogP contribution in [0.15, 0.2) is 12.7 Å². The minimum atomic E-state index is -0.169. The second-order valence-corrected chi connectivity index (χ2v) is 5.79. The molecule has 0 aliphatic carbocycles. The lowest BCUT2D eigenvalue weighted by Gasteiger charge is -2.12. The number of rotatable bonds is 3. The predicted octanol–water partition coefficient (Wildman–Crippen LogP) is 0.473. The Morgan fingerprint density at radius 1 is 1.47 bits per heavy atom. The van der Waals surface area contributed by atoms with Crippen LogP contribution in [0.3, 0.4) is 0 Å². The molecule has 0 unspecified atom stereocenters. The van der Waals surface area contributed by atoms with E-state index in [0.717, 1.165) is 17.0 Å². The molecule has 102 valence electrons. The summed E-state index contributed by atoms with van der Waals surface area (Å²) in [4.78, 5) is 14.9. The number of nitrogens with zero attached hydrogens (tertiary/aromatic N) is 5. The summed E-state index contributed by atoms with van der Waals surface area (Å²) in [6.45, 7) is 0.564. The number of anilines is 1. The van der Waals surface area contributed by atoms with Gasteiger partial charge < -0.3 is 14.7 Å². The topological polar surface area (TPSA) is 76.3 Å². The van der Waals surface area contributed by atoms with Gasteiger partial charge in [0.15, 0.2) is 17.0 Å². The highest BCUT2D eigenvalue weighted by atomic mass is 32.2. The van der Waals surface area contributed by atoms with Crippen LogP contribution < -0.4 is 4.90 Å². The standard InChI is InChI=1S/C11H15N5O2S/c1-15(2)10-9-11(13-5-12-10)16(6-14-9)7-4-18-8(3-17)19-7/h5-8,17H,3-4H2,1-2H3/t7-,8+/m1/s1. The first-order chi connectivity index (χ1) is 9.20. The van der Waals surface area contributed by atoms with E-state index in [-0.39, 0.29) is 17.4 Å². The molecule has 1 saturated heterocycles. The van der Waals surface area contributed by atoms with Crippen molar-refractivity contribution in [3.05, 3.63) is 12.7 Å². The van der Waals surface area contributed by atoms with E-state index in [1.54, 1.807) is 24.4 Å². The first-order valence-corrected chi connectivity index (χ1v) is 6.87. The number of fused-ring (bicyclic) bond motifs is 1. The molecule has 2 atom stereocenters. The van der Waals surface area contributed by atoms with Gasteiger partial charge in [-0.05, 0) is 0 Å². The molecule has 2 aromatic rings. The van der Waals surface area contributed by atoms with Crippen molar-refractivity contribution in [2.75, 3.05) is 32.2 Å². The van der Waals surface area contributed by atoms with Crippen LogP contribution in [0.4, 0.5) is 5.82 Å². The van der Waals surface area contributed by atoms with Gasteiger partial charge in [-0.15, -0.1) is 11.8 Å². The van der Waals surface area contributed by atoms with Gasteiger partial charge in [0.05, 0.1) is 19.5 Å². The average Bonchev–Trinajstić information content (AvgIpc) is 3.03. The molecule has 3 rings (SSSR count). The normalized spacial score (nSPS) is 23.1. The molecule has 0 spiro atoms. The molecule has 2 aromatic heterocycles. The van der Waals surface area contributed by atoms with Gasteiger partial charge in [0.2, 0.25) is 0 Å². The lowest BCUT2D eigenvalue weighted by atomic mass is 10.4. The Bertz CT molecular complexity index is 587. The SMILES string of the molecule is CN(C)c1ncnc2c1ncn2[C@H]1CO[C@H](CO)S1. The van der Waals surface area contributed by atoms with Gasteiger partial charge in [-0.2, -0.15) is 0 Å². The van der Waals surface area contributed by atoms with Gasteiger partial charge in [-0.25, -0.2) is 15.0 Å². The van der Waals surface area contributed by atoms with Crippen molar-refractivity contribution in [3.63, 3.8) is 0 Å².